The fourth-order valence-corrected chi connectivity index (χ4v) is 9.87. The number of para-hydroxylation sites is 3. The van der Waals surface area contributed by atoms with Crippen molar-refractivity contribution in [1.29, 1.82) is 0 Å². The predicted molar refractivity (Wildman–Crippen MR) is 272 cm³/mol. The number of hydrogen-bond donors (Lipinski definition) is 0. The number of rotatable bonds is 8. The average molecular weight is 815 g/mol. The van der Waals surface area contributed by atoms with Crippen molar-refractivity contribution in [2.45, 2.75) is 0 Å². The summed E-state index contributed by atoms with van der Waals surface area (Å²) in [6.07, 6.45) is 0. The van der Waals surface area contributed by atoms with Crippen LogP contribution in [0.3, 0.4) is 0 Å². The summed E-state index contributed by atoms with van der Waals surface area (Å²) in [5, 5.41) is 7.45. The molecule has 0 atom stereocenters. The van der Waals surface area contributed by atoms with Gasteiger partial charge >= 0.3 is 0 Å². The fourth-order valence-electron chi connectivity index (χ4n) is 9.87. The van der Waals surface area contributed by atoms with E-state index in [1.165, 1.54) is 76.8 Å². The van der Waals surface area contributed by atoms with Gasteiger partial charge in [0.25, 0.3) is 0 Å². The van der Waals surface area contributed by atoms with E-state index in [1.54, 1.807) is 0 Å². The van der Waals surface area contributed by atoms with E-state index in [-0.39, 0.29) is 0 Å². The van der Waals surface area contributed by atoms with E-state index in [2.05, 4.69) is 264 Å². The van der Waals surface area contributed by atoms with Gasteiger partial charge in [-0.05, 0) is 121 Å². The predicted octanol–water partition coefficient (Wildman–Crippen LogP) is 17.2. The molecule has 300 valence electrons. The molecular weight excluding hydrogens is 773 g/mol. The molecule has 0 spiro atoms. The van der Waals surface area contributed by atoms with Gasteiger partial charge in [-0.3, -0.25) is 0 Å². The van der Waals surface area contributed by atoms with Crippen molar-refractivity contribution in [2.24, 2.45) is 0 Å². The lowest BCUT2D eigenvalue weighted by Crippen LogP contribution is -2.11. The van der Waals surface area contributed by atoms with Crippen LogP contribution in [0.25, 0.3) is 93.5 Å². The van der Waals surface area contributed by atoms with E-state index in [0.29, 0.717) is 0 Å². The van der Waals surface area contributed by atoms with Crippen LogP contribution >= 0.6 is 0 Å². The molecule has 0 saturated carbocycles. The van der Waals surface area contributed by atoms with E-state index in [0.717, 1.165) is 33.8 Å². The number of nitrogens with zero attached hydrogens (tertiary/aromatic N) is 2. The first-order valence-electron chi connectivity index (χ1n) is 22.0. The second-order valence-electron chi connectivity index (χ2n) is 16.4. The van der Waals surface area contributed by atoms with Gasteiger partial charge < -0.3 is 9.47 Å². The summed E-state index contributed by atoms with van der Waals surface area (Å²) < 4.78 is 2.42. The topological polar surface area (TPSA) is 8.17 Å². The third-order valence-corrected chi connectivity index (χ3v) is 12.8. The Kier molecular flexibility index (Phi) is 9.20. The molecule has 2 nitrogen and oxygen atoms in total. The van der Waals surface area contributed by atoms with Crippen LogP contribution in [0.1, 0.15) is 0 Å². The molecule has 11 aromatic carbocycles. The molecule has 0 aliphatic rings. The second-order valence-corrected chi connectivity index (χ2v) is 16.4. The maximum absolute atomic E-state index is 2.42. The monoisotopic (exact) mass is 814 g/mol. The van der Waals surface area contributed by atoms with Gasteiger partial charge in [0.15, 0.2) is 0 Å². The molecule has 12 aromatic rings. The lowest BCUT2D eigenvalue weighted by atomic mass is 9.84. The van der Waals surface area contributed by atoms with Crippen LogP contribution in [0.4, 0.5) is 17.1 Å². The lowest BCUT2D eigenvalue weighted by Gasteiger charge is -2.27. The minimum atomic E-state index is 1.08. The molecule has 0 amide bonds. The van der Waals surface area contributed by atoms with Gasteiger partial charge in [0.1, 0.15) is 0 Å². The Bertz CT molecular complexity index is 3610. The van der Waals surface area contributed by atoms with Gasteiger partial charge in [-0.2, -0.15) is 0 Å². The summed E-state index contributed by atoms with van der Waals surface area (Å²) in [4.78, 5) is 2.42. The van der Waals surface area contributed by atoms with Crippen molar-refractivity contribution < 1.29 is 0 Å². The molecule has 12 rings (SSSR count). The number of fused-ring (bicyclic) bond motifs is 6. The van der Waals surface area contributed by atoms with E-state index < -0.39 is 0 Å². The minimum absolute atomic E-state index is 1.08. The molecule has 0 N–H and O–H groups in total. The molecule has 1 heterocycles. The average Bonchev–Trinajstić information content (AvgIpc) is 3.72. The highest BCUT2D eigenvalue weighted by atomic mass is 15.2. The molecule has 0 aliphatic carbocycles. The first-order valence-corrected chi connectivity index (χ1v) is 22.0. The van der Waals surface area contributed by atoms with Crippen molar-refractivity contribution in [3.8, 4) is 50.2 Å². The standard InChI is InChI=1S/C62H42N2/c1-5-18-43(19-6-1)44-32-37-50(38-33-44)63(59-31-17-29-56-54-27-15-16-30-58(54)64(62(56)59)49-24-11-4-12-25-49)51-39-34-45(35-40-51)48-36-41-53-52-26-13-14-28-55(52)60(46-20-7-2-8-21-46)61(57(53)42-48)47-22-9-3-10-23-47/h1-42H. The molecule has 0 radical (unpaired) electrons. The van der Waals surface area contributed by atoms with E-state index in [9.17, 15) is 0 Å². The summed E-state index contributed by atoms with van der Waals surface area (Å²) in [6.45, 7) is 0. The van der Waals surface area contributed by atoms with Gasteiger partial charge in [-0.25, -0.2) is 0 Å². The second kappa shape index (κ2) is 15.8. The molecule has 64 heavy (non-hydrogen) atoms. The number of anilines is 3. The lowest BCUT2D eigenvalue weighted by molar-refractivity contribution is 1.17. The summed E-state index contributed by atoms with van der Waals surface area (Å²) in [6, 6.07) is 92.6. The van der Waals surface area contributed by atoms with Crippen LogP contribution in [0, 0.1) is 0 Å². The molecular formula is C62H42N2. The van der Waals surface area contributed by atoms with Crippen molar-refractivity contribution in [3.05, 3.63) is 255 Å². The molecule has 0 bridgehead atoms. The highest BCUT2D eigenvalue weighted by Gasteiger charge is 2.22. The van der Waals surface area contributed by atoms with Gasteiger partial charge in [-0.15, -0.1) is 0 Å². The molecule has 2 heteroatoms. The third-order valence-electron chi connectivity index (χ3n) is 12.8. The maximum Gasteiger partial charge on any atom is 0.0782 e. The fraction of sp³-hybridized carbons (Fsp3) is 0. The number of aromatic nitrogens is 1. The Morgan fingerprint density at radius 2 is 0.703 bits per heavy atom. The molecule has 0 aliphatic heterocycles. The zero-order valence-electron chi connectivity index (χ0n) is 35.1. The zero-order valence-corrected chi connectivity index (χ0v) is 35.1. The van der Waals surface area contributed by atoms with Crippen molar-refractivity contribution in [3.63, 3.8) is 0 Å². The van der Waals surface area contributed by atoms with Crippen molar-refractivity contribution in [2.75, 3.05) is 4.90 Å². The van der Waals surface area contributed by atoms with Crippen molar-refractivity contribution in [1.82, 2.24) is 4.57 Å². The van der Waals surface area contributed by atoms with Crippen LogP contribution in [0.15, 0.2) is 255 Å². The first-order chi connectivity index (χ1) is 31.8. The zero-order chi connectivity index (χ0) is 42.4. The Morgan fingerprint density at radius 1 is 0.266 bits per heavy atom. The van der Waals surface area contributed by atoms with Gasteiger partial charge in [0.05, 0.1) is 16.7 Å². The smallest absolute Gasteiger partial charge is 0.0782 e. The molecule has 0 saturated heterocycles. The van der Waals surface area contributed by atoms with Gasteiger partial charge in [0.2, 0.25) is 0 Å². The summed E-state index contributed by atoms with van der Waals surface area (Å²) in [5.74, 6) is 0. The van der Waals surface area contributed by atoms with Gasteiger partial charge in [-0.1, -0.05) is 200 Å². The SMILES string of the molecule is c1ccc(-c2ccc(N(c3ccc(-c4ccc5c(c4)c(-c4ccccc4)c(-c4ccccc4)c4ccccc45)cc3)c3cccc4c5ccccc5n(-c5ccccc5)c34)cc2)cc1. The quantitative estimate of drug-likeness (QED) is 0.139. The van der Waals surface area contributed by atoms with Crippen LogP contribution in [-0.2, 0) is 0 Å². The third kappa shape index (κ3) is 6.35. The number of benzene rings is 11. The highest BCUT2D eigenvalue weighted by molar-refractivity contribution is 6.22. The van der Waals surface area contributed by atoms with Crippen LogP contribution in [-0.4, -0.2) is 4.57 Å². The molecule has 1 aromatic heterocycles. The summed E-state index contributed by atoms with van der Waals surface area (Å²) in [5.41, 5.74) is 16.4. The molecule has 0 fully saturated rings. The Morgan fingerprint density at radius 3 is 1.33 bits per heavy atom. The van der Waals surface area contributed by atoms with E-state index in [4.69, 9.17) is 0 Å². The first kappa shape index (κ1) is 37.3. The Balaban J connectivity index is 1.05. The Labute approximate surface area is 373 Å². The highest BCUT2D eigenvalue weighted by Crippen LogP contribution is 2.47. The van der Waals surface area contributed by atoms with E-state index >= 15 is 0 Å². The number of hydrogen-bond acceptors (Lipinski definition) is 1. The Hall–Kier alpha value is -8.46. The van der Waals surface area contributed by atoms with Crippen molar-refractivity contribution >= 4 is 60.4 Å². The van der Waals surface area contributed by atoms with Crippen LogP contribution in [0.2, 0.25) is 0 Å². The van der Waals surface area contributed by atoms with Crippen LogP contribution in [0.5, 0.6) is 0 Å². The normalized spacial score (nSPS) is 11.4. The maximum atomic E-state index is 2.42. The molecule has 0 unspecified atom stereocenters. The summed E-state index contributed by atoms with van der Waals surface area (Å²) in [7, 11) is 0. The van der Waals surface area contributed by atoms with Gasteiger partial charge in [0, 0.05) is 27.8 Å². The summed E-state index contributed by atoms with van der Waals surface area (Å²) >= 11 is 0. The van der Waals surface area contributed by atoms with Crippen LogP contribution < -0.4 is 4.90 Å². The van der Waals surface area contributed by atoms with E-state index in [1.807, 2.05) is 0 Å². The largest absolute Gasteiger partial charge is 0.308 e. The minimum Gasteiger partial charge on any atom is -0.308 e.